The van der Waals surface area contributed by atoms with Crippen molar-refractivity contribution in [3.05, 3.63) is 35.4 Å². The van der Waals surface area contributed by atoms with Gasteiger partial charge in [-0.1, -0.05) is 24.3 Å². The van der Waals surface area contributed by atoms with Crippen LogP contribution in [0, 0.1) is 0 Å². The number of carboxylic acids is 1. The Bertz CT molecular complexity index is 439. The number of fused-ring (bicyclic) bond motifs is 1. The van der Waals surface area contributed by atoms with Crippen LogP contribution in [0.2, 0.25) is 0 Å². The molecule has 2 rings (SSSR count). The van der Waals surface area contributed by atoms with Crippen molar-refractivity contribution in [3.8, 4) is 0 Å². The number of nitrogens with one attached hydrogen (secondary N) is 1. The molecule has 0 aliphatic carbocycles. The van der Waals surface area contributed by atoms with Gasteiger partial charge in [0.05, 0.1) is 0 Å². The second-order valence-corrected chi connectivity index (χ2v) is 5.27. The van der Waals surface area contributed by atoms with Crippen LogP contribution < -0.4 is 5.32 Å². The number of hydrogen-bond donors (Lipinski definition) is 2. The summed E-state index contributed by atoms with van der Waals surface area (Å²) in [5.74, 6) is -0.826. The van der Waals surface area contributed by atoms with Gasteiger partial charge in [-0.15, -0.1) is 0 Å². The Morgan fingerprint density at radius 3 is 2.56 bits per heavy atom. The summed E-state index contributed by atoms with van der Waals surface area (Å²) < 4.78 is 0. The van der Waals surface area contributed by atoms with Gasteiger partial charge in [0.15, 0.2) is 0 Å². The van der Waals surface area contributed by atoms with Gasteiger partial charge in [0.2, 0.25) is 0 Å². The smallest absolute Gasteiger partial charge is 0.328 e. The van der Waals surface area contributed by atoms with Crippen LogP contribution in [-0.4, -0.2) is 16.6 Å². The summed E-state index contributed by atoms with van der Waals surface area (Å²) in [4.78, 5) is 11.5. The minimum Gasteiger partial charge on any atom is -0.480 e. The van der Waals surface area contributed by atoms with E-state index in [1.165, 1.54) is 0 Å². The number of hydrogen-bond acceptors (Lipinski definition) is 2. The van der Waals surface area contributed by atoms with Gasteiger partial charge in [-0.05, 0) is 38.3 Å². The fourth-order valence-corrected chi connectivity index (χ4v) is 2.60. The monoisotopic (exact) mass is 219 g/mol. The fourth-order valence-electron chi connectivity index (χ4n) is 2.60. The Hall–Kier alpha value is -1.35. The first-order valence-electron chi connectivity index (χ1n) is 5.46. The van der Waals surface area contributed by atoms with E-state index in [4.69, 9.17) is 0 Å². The van der Waals surface area contributed by atoms with Crippen molar-refractivity contribution in [2.75, 3.05) is 0 Å². The molecule has 0 saturated carbocycles. The zero-order chi connectivity index (χ0) is 12.0. The van der Waals surface area contributed by atoms with Gasteiger partial charge < -0.3 is 5.11 Å². The molecule has 0 bridgehead atoms. The first kappa shape index (κ1) is 11.1. The normalized spacial score (nSPS) is 27.2. The van der Waals surface area contributed by atoms with Crippen LogP contribution in [0.1, 0.15) is 31.9 Å². The summed E-state index contributed by atoms with van der Waals surface area (Å²) in [5.41, 5.74) is 0.817. The van der Waals surface area contributed by atoms with Crippen molar-refractivity contribution in [1.29, 1.82) is 0 Å². The lowest BCUT2D eigenvalue weighted by Crippen LogP contribution is -2.60. The average molecular weight is 219 g/mol. The Balaban J connectivity index is 2.60. The minimum atomic E-state index is -0.988. The van der Waals surface area contributed by atoms with Crippen molar-refractivity contribution in [3.63, 3.8) is 0 Å². The van der Waals surface area contributed by atoms with E-state index in [2.05, 4.69) is 5.32 Å². The number of rotatable bonds is 1. The van der Waals surface area contributed by atoms with Crippen LogP contribution in [-0.2, 0) is 16.8 Å². The molecule has 1 heterocycles. The zero-order valence-corrected chi connectivity index (χ0v) is 9.87. The molecule has 1 atom stereocenters. The second kappa shape index (κ2) is 3.32. The second-order valence-electron chi connectivity index (χ2n) is 5.27. The Labute approximate surface area is 95.5 Å². The topological polar surface area (TPSA) is 49.3 Å². The highest BCUT2D eigenvalue weighted by Crippen LogP contribution is 2.34. The standard InChI is InChI=1S/C13H17NO2/c1-12(2)8-9-6-4-5-7-10(9)13(3,14-12)11(15)16/h4-7,14H,8H2,1-3H3,(H,15,16). The van der Waals surface area contributed by atoms with Gasteiger partial charge in [0.1, 0.15) is 5.54 Å². The highest BCUT2D eigenvalue weighted by Gasteiger charge is 2.44. The molecule has 86 valence electrons. The summed E-state index contributed by atoms with van der Waals surface area (Å²) in [5, 5.41) is 12.6. The van der Waals surface area contributed by atoms with E-state index in [0.29, 0.717) is 0 Å². The first-order valence-corrected chi connectivity index (χ1v) is 5.46. The van der Waals surface area contributed by atoms with E-state index in [-0.39, 0.29) is 5.54 Å². The molecule has 0 spiro atoms. The largest absolute Gasteiger partial charge is 0.480 e. The molecule has 0 fully saturated rings. The summed E-state index contributed by atoms with van der Waals surface area (Å²) in [7, 11) is 0. The van der Waals surface area contributed by atoms with E-state index >= 15 is 0 Å². The molecular formula is C13H17NO2. The molecule has 1 aromatic rings. The van der Waals surface area contributed by atoms with E-state index in [1.54, 1.807) is 6.92 Å². The molecule has 0 saturated heterocycles. The van der Waals surface area contributed by atoms with Gasteiger partial charge >= 0.3 is 5.97 Å². The van der Waals surface area contributed by atoms with Crippen molar-refractivity contribution in [1.82, 2.24) is 5.32 Å². The summed E-state index contributed by atoms with van der Waals surface area (Å²) in [6, 6.07) is 7.76. The van der Waals surface area contributed by atoms with Gasteiger partial charge in [-0.25, -0.2) is 4.79 Å². The third-order valence-corrected chi connectivity index (χ3v) is 3.20. The molecule has 1 unspecified atom stereocenters. The maximum Gasteiger partial charge on any atom is 0.328 e. The molecule has 3 nitrogen and oxygen atoms in total. The molecule has 3 heteroatoms. The summed E-state index contributed by atoms with van der Waals surface area (Å²) in [6.07, 6.45) is 0.853. The van der Waals surface area contributed by atoms with Crippen LogP contribution in [0.5, 0.6) is 0 Å². The van der Waals surface area contributed by atoms with Crippen molar-refractivity contribution in [2.45, 2.75) is 38.3 Å². The molecular weight excluding hydrogens is 202 g/mol. The van der Waals surface area contributed by atoms with Crippen molar-refractivity contribution >= 4 is 5.97 Å². The SMILES string of the molecule is CC1(C)Cc2ccccc2C(C)(C(=O)O)N1. The van der Waals surface area contributed by atoms with E-state index in [9.17, 15) is 9.90 Å². The van der Waals surface area contributed by atoms with Crippen molar-refractivity contribution < 1.29 is 9.90 Å². The molecule has 0 aromatic heterocycles. The van der Waals surface area contributed by atoms with Gasteiger partial charge in [0.25, 0.3) is 0 Å². The molecule has 2 N–H and O–H groups in total. The Morgan fingerprint density at radius 1 is 1.31 bits per heavy atom. The Kier molecular flexibility index (Phi) is 2.31. The van der Waals surface area contributed by atoms with E-state index < -0.39 is 11.5 Å². The van der Waals surface area contributed by atoms with E-state index in [1.807, 2.05) is 38.1 Å². The minimum absolute atomic E-state index is 0.193. The first-order chi connectivity index (χ1) is 7.35. The predicted molar refractivity (Wildman–Crippen MR) is 62.3 cm³/mol. The van der Waals surface area contributed by atoms with Gasteiger partial charge in [-0.2, -0.15) is 0 Å². The summed E-state index contributed by atoms with van der Waals surface area (Å²) in [6.45, 7) is 5.79. The molecule has 0 amide bonds. The third-order valence-electron chi connectivity index (χ3n) is 3.20. The number of benzene rings is 1. The number of carbonyl (C=O) groups is 1. The Morgan fingerprint density at radius 2 is 1.94 bits per heavy atom. The lowest BCUT2D eigenvalue weighted by Gasteiger charge is -2.43. The average Bonchev–Trinajstić information content (AvgIpc) is 2.15. The van der Waals surface area contributed by atoms with Gasteiger partial charge in [-0.3, -0.25) is 5.32 Å². The fraction of sp³-hybridized carbons (Fsp3) is 0.462. The molecule has 0 radical (unpaired) electrons. The van der Waals surface area contributed by atoms with Crippen LogP contribution in [0.4, 0.5) is 0 Å². The number of aliphatic carboxylic acids is 1. The van der Waals surface area contributed by atoms with Crippen LogP contribution in [0.3, 0.4) is 0 Å². The lowest BCUT2D eigenvalue weighted by molar-refractivity contribution is -0.146. The highest BCUT2D eigenvalue weighted by atomic mass is 16.4. The molecule has 1 aromatic carbocycles. The third kappa shape index (κ3) is 1.61. The van der Waals surface area contributed by atoms with Crippen LogP contribution in [0.25, 0.3) is 0 Å². The van der Waals surface area contributed by atoms with Crippen LogP contribution in [0.15, 0.2) is 24.3 Å². The molecule has 16 heavy (non-hydrogen) atoms. The lowest BCUT2D eigenvalue weighted by atomic mass is 9.77. The van der Waals surface area contributed by atoms with Crippen molar-refractivity contribution in [2.24, 2.45) is 0 Å². The quantitative estimate of drug-likeness (QED) is 0.758. The zero-order valence-electron chi connectivity index (χ0n) is 9.87. The highest BCUT2D eigenvalue weighted by molar-refractivity contribution is 5.81. The van der Waals surface area contributed by atoms with Crippen LogP contribution >= 0.6 is 0 Å². The molecule has 1 aliphatic rings. The summed E-state index contributed by atoms with van der Waals surface area (Å²) >= 11 is 0. The predicted octanol–water partition coefficient (Wildman–Crippen LogP) is 1.91. The van der Waals surface area contributed by atoms with E-state index in [0.717, 1.165) is 17.5 Å². The van der Waals surface area contributed by atoms with Gasteiger partial charge in [0, 0.05) is 5.54 Å². The molecule has 1 aliphatic heterocycles. The maximum absolute atomic E-state index is 11.5. The maximum atomic E-state index is 11.5. The number of carboxylic acid groups (broad SMARTS) is 1.